The van der Waals surface area contributed by atoms with Gasteiger partial charge in [-0.3, -0.25) is 4.79 Å². The summed E-state index contributed by atoms with van der Waals surface area (Å²) in [4.78, 5) is 11.0. The van der Waals surface area contributed by atoms with Crippen LogP contribution >= 0.6 is 0 Å². The smallest absolute Gasteiger partial charge is 0.160 e. The average molecular weight is 235 g/mol. The van der Waals surface area contributed by atoms with Crippen LogP contribution in [0, 0.1) is 5.92 Å². The second-order valence-electron chi connectivity index (χ2n) is 3.78. The molecular weight excluding hydrogens is 206 g/mol. The number of ether oxygens (including phenoxy) is 2. The predicted octanol–water partition coefficient (Wildman–Crippen LogP) is 1.87. The average Bonchev–Trinajstić information content (AvgIpc) is 2.24. The highest BCUT2D eigenvalue weighted by atomic mass is 16.5. The minimum absolute atomic E-state index is 0. The Labute approximate surface area is 101 Å². The predicted molar refractivity (Wildman–Crippen MR) is 68.6 cm³/mol. The third kappa shape index (κ3) is 16.0. The standard InChI is InChI=1S/C9H19NO3.C3H8.H2/c1-8(2)9(11)7-13-6-5-12-4-3-10;1-3-2;/h8H,3-7,10H2,1-2H3;3H2,1-2H3;1H. The fourth-order valence-corrected chi connectivity index (χ4v) is 0.643. The largest absolute Gasteiger partial charge is 0.378 e. The second-order valence-corrected chi connectivity index (χ2v) is 3.78. The maximum absolute atomic E-state index is 11.0. The maximum Gasteiger partial charge on any atom is 0.160 e. The molecule has 0 spiro atoms. The number of ketones is 1. The van der Waals surface area contributed by atoms with Crippen LogP contribution in [0.5, 0.6) is 0 Å². The van der Waals surface area contributed by atoms with Crippen molar-refractivity contribution in [2.24, 2.45) is 11.7 Å². The molecule has 4 nitrogen and oxygen atoms in total. The Morgan fingerprint density at radius 2 is 1.69 bits per heavy atom. The summed E-state index contributed by atoms with van der Waals surface area (Å²) >= 11 is 0. The van der Waals surface area contributed by atoms with Crippen molar-refractivity contribution in [3.8, 4) is 0 Å². The number of rotatable bonds is 8. The Morgan fingerprint density at radius 1 is 1.19 bits per heavy atom. The third-order valence-electron chi connectivity index (χ3n) is 1.52. The number of hydrogen-bond donors (Lipinski definition) is 1. The van der Waals surface area contributed by atoms with Crippen molar-refractivity contribution >= 4 is 5.78 Å². The molecule has 0 heterocycles. The van der Waals surface area contributed by atoms with Crippen molar-refractivity contribution in [3.05, 3.63) is 0 Å². The molecule has 0 fully saturated rings. The third-order valence-corrected chi connectivity index (χ3v) is 1.52. The van der Waals surface area contributed by atoms with Crippen LogP contribution in [-0.4, -0.2) is 38.8 Å². The summed E-state index contributed by atoms with van der Waals surface area (Å²) in [6.45, 7) is 10.2. The molecule has 100 valence electrons. The van der Waals surface area contributed by atoms with Gasteiger partial charge in [-0.15, -0.1) is 0 Å². The van der Waals surface area contributed by atoms with Gasteiger partial charge >= 0.3 is 0 Å². The normalized spacial score (nSPS) is 9.88. The van der Waals surface area contributed by atoms with Crippen LogP contribution in [0.15, 0.2) is 0 Å². The first-order valence-electron chi connectivity index (χ1n) is 5.98. The van der Waals surface area contributed by atoms with Gasteiger partial charge in [0.25, 0.3) is 0 Å². The minimum Gasteiger partial charge on any atom is -0.378 e. The van der Waals surface area contributed by atoms with Crippen molar-refractivity contribution in [2.45, 2.75) is 34.1 Å². The topological polar surface area (TPSA) is 61.5 Å². The Hall–Kier alpha value is -0.450. The SMILES string of the molecule is CC(C)C(=O)COCCOCCN.CCC.[HH]. The van der Waals surface area contributed by atoms with E-state index in [2.05, 4.69) is 13.8 Å². The number of carbonyl (C=O) groups is 1. The molecule has 0 aromatic heterocycles. The molecule has 0 rings (SSSR count). The van der Waals surface area contributed by atoms with Crippen LogP contribution in [0.1, 0.15) is 35.5 Å². The van der Waals surface area contributed by atoms with Gasteiger partial charge in [-0.1, -0.05) is 34.1 Å². The molecule has 0 saturated heterocycles. The molecule has 0 unspecified atom stereocenters. The Balaban J connectivity index is -0.000000440. The van der Waals surface area contributed by atoms with Gasteiger partial charge in [0, 0.05) is 13.9 Å². The number of hydrogen-bond acceptors (Lipinski definition) is 4. The molecule has 0 bridgehead atoms. The van der Waals surface area contributed by atoms with E-state index >= 15 is 0 Å². The lowest BCUT2D eigenvalue weighted by Crippen LogP contribution is -2.17. The Kier molecular flexibility index (Phi) is 16.3. The van der Waals surface area contributed by atoms with E-state index in [0.29, 0.717) is 26.4 Å². The van der Waals surface area contributed by atoms with Crippen molar-refractivity contribution in [3.63, 3.8) is 0 Å². The molecule has 2 N–H and O–H groups in total. The molecule has 0 aliphatic carbocycles. The number of Topliss-reactive ketones (excluding diaryl/α,β-unsaturated/α-hetero) is 1. The van der Waals surface area contributed by atoms with E-state index in [1.807, 2.05) is 13.8 Å². The van der Waals surface area contributed by atoms with E-state index in [1.54, 1.807) is 0 Å². The van der Waals surface area contributed by atoms with Gasteiger partial charge < -0.3 is 15.2 Å². The Morgan fingerprint density at radius 3 is 2.12 bits per heavy atom. The van der Waals surface area contributed by atoms with E-state index < -0.39 is 0 Å². The van der Waals surface area contributed by atoms with Gasteiger partial charge in [-0.05, 0) is 0 Å². The summed E-state index contributed by atoms with van der Waals surface area (Å²) < 4.78 is 10.2. The van der Waals surface area contributed by atoms with Crippen LogP contribution in [0.25, 0.3) is 0 Å². The van der Waals surface area contributed by atoms with E-state index in [-0.39, 0.29) is 19.7 Å². The molecule has 0 amide bonds. The second kappa shape index (κ2) is 14.6. The summed E-state index contributed by atoms with van der Waals surface area (Å²) in [7, 11) is 0. The molecule has 16 heavy (non-hydrogen) atoms. The zero-order chi connectivity index (χ0) is 12.8. The molecule has 4 heteroatoms. The van der Waals surface area contributed by atoms with Crippen LogP contribution in [0.4, 0.5) is 0 Å². The molecule has 0 atom stereocenters. The van der Waals surface area contributed by atoms with E-state index in [1.165, 1.54) is 6.42 Å². The molecule has 0 aromatic rings. The lowest BCUT2D eigenvalue weighted by Gasteiger charge is -2.05. The van der Waals surface area contributed by atoms with E-state index in [4.69, 9.17) is 15.2 Å². The van der Waals surface area contributed by atoms with Gasteiger partial charge in [0.05, 0.1) is 19.8 Å². The lowest BCUT2D eigenvalue weighted by molar-refractivity contribution is -0.127. The van der Waals surface area contributed by atoms with Crippen molar-refractivity contribution in [1.82, 2.24) is 0 Å². The van der Waals surface area contributed by atoms with Gasteiger partial charge in [-0.25, -0.2) is 0 Å². The monoisotopic (exact) mass is 235 g/mol. The fraction of sp³-hybridized carbons (Fsp3) is 0.917. The molecular formula is C12H29NO3. The van der Waals surface area contributed by atoms with Gasteiger partial charge in [0.1, 0.15) is 6.61 Å². The summed E-state index contributed by atoms with van der Waals surface area (Å²) in [5.41, 5.74) is 5.21. The van der Waals surface area contributed by atoms with Crippen molar-refractivity contribution < 1.29 is 15.7 Å². The molecule has 0 aliphatic heterocycles. The number of carbonyl (C=O) groups excluding carboxylic acids is 1. The Bertz CT molecular complexity index is 155. The van der Waals surface area contributed by atoms with Crippen LogP contribution in [0.2, 0.25) is 0 Å². The van der Waals surface area contributed by atoms with Crippen LogP contribution in [-0.2, 0) is 14.3 Å². The molecule has 0 aromatic carbocycles. The lowest BCUT2D eigenvalue weighted by atomic mass is 10.1. The highest BCUT2D eigenvalue weighted by molar-refractivity contribution is 5.81. The number of nitrogens with two attached hydrogens (primary N) is 1. The first-order chi connectivity index (χ1) is 7.59. The summed E-state index contributed by atoms with van der Waals surface area (Å²) in [5, 5.41) is 0. The van der Waals surface area contributed by atoms with Crippen molar-refractivity contribution in [2.75, 3.05) is 33.0 Å². The summed E-state index contributed by atoms with van der Waals surface area (Å²) in [5.74, 6) is 0.170. The first kappa shape index (κ1) is 17.9. The molecule has 0 radical (unpaired) electrons. The summed E-state index contributed by atoms with van der Waals surface area (Å²) in [6, 6.07) is 0. The highest BCUT2D eigenvalue weighted by Crippen LogP contribution is 1.94. The van der Waals surface area contributed by atoms with Gasteiger partial charge in [0.15, 0.2) is 5.78 Å². The zero-order valence-electron chi connectivity index (χ0n) is 11.1. The maximum atomic E-state index is 11.0. The van der Waals surface area contributed by atoms with E-state index in [0.717, 1.165) is 0 Å². The first-order valence-corrected chi connectivity index (χ1v) is 5.98. The van der Waals surface area contributed by atoms with Gasteiger partial charge in [0.2, 0.25) is 0 Å². The van der Waals surface area contributed by atoms with Gasteiger partial charge in [-0.2, -0.15) is 0 Å². The highest BCUT2D eigenvalue weighted by Gasteiger charge is 2.05. The van der Waals surface area contributed by atoms with Crippen LogP contribution in [0.3, 0.4) is 0 Å². The molecule has 0 aliphatic rings. The van der Waals surface area contributed by atoms with Crippen molar-refractivity contribution in [1.29, 1.82) is 0 Å². The fourth-order valence-electron chi connectivity index (χ4n) is 0.643. The quantitative estimate of drug-likeness (QED) is 0.652. The van der Waals surface area contributed by atoms with E-state index in [9.17, 15) is 4.79 Å². The zero-order valence-corrected chi connectivity index (χ0v) is 11.1. The molecule has 0 saturated carbocycles. The summed E-state index contributed by atoms with van der Waals surface area (Å²) in [6.07, 6.45) is 1.25. The minimum atomic E-state index is 0. The van der Waals surface area contributed by atoms with Crippen LogP contribution < -0.4 is 5.73 Å².